The molecule has 1 fully saturated rings. The predicted octanol–water partition coefficient (Wildman–Crippen LogP) is 4.00. The van der Waals surface area contributed by atoms with Gasteiger partial charge in [-0.05, 0) is 29.5 Å². The molecule has 2 rings (SSSR count). The second-order valence-electron chi connectivity index (χ2n) is 7.30. The first-order valence-electron chi connectivity index (χ1n) is 8.84. The van der Waals surface area contributed by atoms with Crippen LogP contribution in [-0.2, 0) is 11.0 Å². The van der Waals surface area contributed by atoms with Crippen LogP contribution in [0.1, 0.15) is 44.2 Å². The minimum absolute atomic E-state index is 0.0802. The minimum Gasteiger partial charge on any atom is -0.340 e. The molecule has 0 aliphatic carbocycles. The summed E-state index contributed by atoms with van der Waals surface area (Å²) in [7, 11) is 0. The molecule has 0 saturated carbocycles. The molecule has 1 unspecified atom stereocenters. The summed E-state index contributed by atoms with van der Waals surface area (Å²) >= 11 is 0. The van der Waals surface area contributed by atoms with Gasteiger partial charge in [-0.25, -0.2) is 0 Å². The van der Waals surface area contributed by atoms with Crippen molar-refractivity contribution in [3.8, 4) is 0 Å². The molecule has 1 atom stereocenters. The average molecular weight is 356 g/mol. The van der Waals surface area contributed by atoms with Crippen LogP contribution in [0.5, 0.6) is 0 Å². The number of carbonyl (C=O) groups excluding carboxylic acids is 1. The van der Waals surface area contributed by atoms with Crippen LogP contribution in [0.25, 0.3) is 0 Å². The lowest BCUT2D eigenvalue weighted by Crippen LogP contribution is -2.49. The maximum atomic E-state index is 12.6. The van der Waals surface area contributed by atoms with Gasteiger partial charge in [0.25, 0.3) is 0 Å². The molecule has 0 radical (unpaired) electrons. The summed E-state index contributed by atoms with van der Waals surface area (Å²) < 4.78 is 37.9. The quantitative estimate of drug-likeness (QED) is 0.796. The zero-order valence-electron chi connectivity index (χ0n) is 15.1. The topological polar surface area (TPSA) is 23.6 Å². The molecule has 1 aromatic rings. The summed E-state index contributed by atoms with van der Waals surface area (Å²) in [4.78, 5) is 16.7. The molecular formula is C19H27F3N2O. The number of alkyl halides is 3. The number of hydrogen-bond acceptors (Lipinski definition) is 2. The first kappa shape index (κ1) is 19.8. The molecule has 1 heterocycles. The summed E-state index contributed by atoms with van der Waals surface area (Å²) in [6.07, 6.45) is -4.00. The van der Waals surface area contributed by atoms with Crippen LogP contribution in [0.2, 0.25) is 0 Å². The molecule has 0 spiro atoms. The zero-order valence-corrected chi connectivity index (χ0v) is 15.1. The van der Waals surface area contributed by atoms with Gasteiger partial charge in [0.15, 0.2) is 0 Å². The Balaban J connectivity index is 1.86. The summed E-state index contributed by atoms with van der Waals surface area (Å²) in [6, 6.07) is 5.12. The summed E-state index contributed by atoms with van der Waals surface area (Å²) in [5.74, 6) is 0.599. The van der Waals surface area contributed by atoms with E-state index in [-0.39, 0.29) is 11.8 Å². The standard InChI is InChI=1S/C19H27F3N2O/c1-14(2)13-23-8-10-24(11-9-23)18(25)12-15(3)16-4-6-17(7-5-16)19(20,21)22/h4-7,14-15H,8-13H2,1-3H3. The molecule has 1 aliphatic heterocycles. The summed E-state index contributed by atoms with van der Waals surface area (Å²) in [6.45, 7) is 10.5. The van der Waals surface area contributed by atoms with Crippen molar-refractivity contribution in [3.63, 3.8) is 0 Å². The molecule has 1 aliphatic rings. The van der Waals surface area contributed by atoms with Crippen LogP contribution in [0, 0.1) is 5.92 Å². The van der Waals surface area contributed by atoms with E-state index >= 15 is 0 Å². The number of benzene rings is 1. The van der Waals surface area contributed by atoms with E-state index in [1.54, 1.807) is 0 Å². The summed E-state index contributed by atoms with van der Waals surface area (Å²) in [5.41, 5.74) is 0.107. The second-order valence-corrected chi connectivity index (χ2v) is 7.30. The van der Waals surface area contributed by atoms with Gasteiger partial charge in [0, 0.05) is 39.1 Å². The number of hydrogen-bond donors (Lipinski definition) is 0. The van der Waals surface area contributed by atoms with Crippen LogP contribution in [0.4, 0.5) is 13.2 Å². The highest BCUT2D eigenvalue weighted by Crippen LogP contribution is 2.30. The molecule has 6 heteroatoms. The molecule has 1 saturated heterocycles. The molecule has 140 valence electrons. The Morgan fingerprint density at radius 3 is 2.08 bits per heavy atom. The van der Waals surface area contributed by atoms with Gasteiger partial charge in [0.2, 0.25) is 5.91 Å². The van der Waals surface area contributed by atoms with Crippen molar-refractivity contribution in [2.45, 2.75) is 39.3 Å². The van der Waals surface area contributed by atoms with E-state index in [4.69, 9.17) is 0 Å². The highest BCUT2D eigenvalue weighted by atomic mass is 19.4. The van der Waals surface area contributed by atoms with Gasteiger partial charge in [-0.15, -0.1) is 0 Å². The van der Waals surface area contributed by atoms with E-state index in [2.05, 4.69) is 18.7 Å². The third-order valence-corrected chi connectivity index (χ3v) is 4.64. The van der Waals surface area contributed by atoms with E-state index in [0.717, 1.165) is 50.4 Å². The Labute approximate surface area is 147 Å². The zero-order chi connectivity index (χ0) is 18.6. The van der Waals surface area contributed by atoms with Crippen molar-refractivity contribution in [3.05, 3.63) is 35.4 Å². The fourth-order valence-corrected chi connectivity index (χ4v) is 3.21. The van der Waals surface area contributed by atoms with Crippen molar-refractivity contribution in [1.29, 1.82) is 0 Å². The number of carbonyl (C=O) groups is 1. The van der Waals surface area contributed by atoms with Gasteiger partial charge in [-0.1, -0.05) is 32.9 Å². The minimum atomic E-state index is -4.33. The van der Waals surface area contributed by atoms with Crippen LogP contribution in [0.3, 0.4) is 0 Å². The molecule has 0 bridgehead atoms. The third kappa shape index (κ3) is 5.73. The molecule has 1 aromatic carbocycles. The number of amides is 1. The molecule has 3 nitrogen and oxygen atoms in total. The van der Waals surface area contributed by atoms with Gasteiger partial charge < -0.3 is 4.90 Å². The lowest BCUT2D eigenvalue weighted by Gasteiger charge is -2.36. The van der Waals surface area contributed by atoms with Crippen LogP contribution in [0.15, 0.2) is 24.3 Å². The third-order valence-electron chi connectivity index (χ3n) is 4.64. The smallest absolute Gasteiger partial charge is 0.340 e. The normalized spacial score (nSPS) is 17.8. The van der Waals surface area contributed by atoms with Crippen molar-refractivity contribution in [1.82, 2.24) is 9.80 Å². The lowest BCUT2D eigenvalue weighted by molar-refractivity contribution is -0.137. The maximum Gasteiger partial charge on any atom is 0.416 e. The second kappa shape index (κ2) is 8.21. The molecule has 1 amide bonds. The average Bonchev–Trinajstić information content (AvgIpc) is 2.54. The molecule has 25 heavy (non-hydrogen) atoms. The van der Waals surface area contributed by atoms with Crippen molar-refractivity contribution >= 4 is 5.91 Å². The highest BCUT2D eigenvalue weighted by Gasteiger charge is 2.30. The Morgan fingerprint density at radius 2 is 1.60 bits per heavy atom. The molecule has 0 aromatic heterocycles. The van der Waals surface area contributed by atoms with Crippen LogP contribution < -0.4 is 0 Å². The summed E-state index contributed by atoms with van der Waals surface area (Å²) in [5, 5.41) is 0. The van der Waals surface area contributed by atoms with Gasteiger partial charge in [0.1, 0.15) is 0 Å². The number of halogens is 3. The molecule has 0 N–H and O–H groups in total. The van der Waals surface area contributed by atoms with Crippen LogP contribution in [-0.4, -0.2) is 48.4 Å². The van der Waals surface area contributed by atoms with E-state index in [0.29, 0.717) is 12.3 Å². The van der Waals surface area contributed by atoms with E-state index in [1.165, 1.54) is 12.1 Å². The number of nitrogens with zero attached hydrogens (tertiary/aromatic N) is 2. The van der Waals surface area contributed by atoms with Crippen molar-refractivity contribution in [2.75, 3.05) is 32.7 Å². The Kier molecular flexibility index (Phi) is 6.49. The van der Waals surface area contributed by atoms with E-state index in [1.807, 2.05) is 11.8 Å². The van der Waals surface area contributed by atoms with Crippen molar-refractivity contribution in [2.24, 2.45) is 5.92 Å². The lowest BCUT2D eigenvalue weighted by atomic mass is 9.96. The predicted molar refractivity (Wildman–Crippen MR) is 92.3 cm³/mol. The largest absolute Gasteiger partial charge is 0.416 e. The van der Waals surface area contributed by atoms with Gasteiger partial charge in [-0.3, -0.25) is 9.69 Å². The van der Waals surface area contributed by atoms with Crippen molar-refractivity contribution < 1.29 is 18.0 Å². The number of rotatable bonds is 5. The Hall–Kier alpha value is -1.56. The van der Waals surface area contributed by atoms with Gasteiger partial charge >= 0.3 is 6.18 Å². The SMILES string of the molecule is CC(C)CN1CCN(C(=O)CC(C)c2ccc(C(F)(F)F)cc2)CC1. The monoisotopic (exact) mass is 356 g/mol. The van der Waals surface area contributed by atoms with Gasteiger partial charge in [0.05, 0.1) is 5.56 Å². The molecular weight excluding hydrogens is 329 g/mol. The fourth-order valence-electron chi connectivity index (χ4n) is 3.21. The van der Waals surface area contributed by atoms with Crippen LogP contribution >= 0.6 is 0 Å². The highest BCUT2D eigenvalue weighted by molar-refractivity contribution is 5.77. The first-order valence-corrected chi connectivity index (χ1v) is 8.84. The Bertz CT molecular complexity index is 561. The van der Waals surface area contributed by atoms with Gasteiger partial charge in [-0.2, -0.15) is 13.2 Å². The Morgan fingerprint density at radius 1 is 1.04 bits per heavy atom. The maximum absolute atomic E-state index is 12.6. The first-order chi connectivity index (χ1) is 11.7. The fraction of sp³-hybridized carbons (Fsp3) is 0.632. The number of piperazine rings is 1. The van der Waals surface area contributed by atoms with E-state index < -0.39 is 11.7 Å². The van der Waals surface area contributed by atoms with E-state index in [9.17, 15) is 18.0 Å².